The zero-order valence-electron chi connectivity index (χ0n) is 14.5. The normalized spacial score (nSPS) is 13.8. The maximum Gasteiger partial charge on any atom is 0.325 e. The van der Waals surface area contributed by atoms with Gasteiger partial charge < -0.3 is 15.0 Å². The summed E-state index contributed by atoms with van der Waals surface area (Å²) in [6, 6.07) is 11.2. The fraction of sp³-hybridized carbons (Fsp3) is 0.263. The monoisotopic (exact) mass is 375 g/mol. The maximum atomic E-state index is 13.8. The van der Waals surface area contributed by atoms with E-state index in [2.05, 4.69) is 5.32 Å². The number of para-hydroxylation sites is 1. The number of urea groups is 1. The van der Waals surface area contributed by atoms with Gasteiger partial charge in [-0.2, -0.15) is 0 Å². The first-order chi connectivity index (χ1) is 13.0. The van der Waals surface area contributed by atoms with Crippen LogP contribution in [0.1, 0.15) is 0 Å². The first kappa shape index (κ1) is 18.6. The third-order valence-electron chi connectivity index (χ3n) is 4.08. The molecule has 1 N–H and O–H groups in total. The Morgan fingerprint density at radius 1 is 1.07 bits per heavy atom. The summed E-state index contributed by atoms with van der Waals surface area (Å²) >= 11 is 0. The number of ether oxygens (including phenoxy) is 1. The van der Waals surface area contributed by atoms with Gasteiger partial charge in [-0.25, -0.2) is 13.6 Å². The molecule has 1 aliphatic heterocycles. The molecule has 1 saturated heterocycles. The second-order valence-corrected chi connectivity index (χ2v) is 5.96. The Hall–Kier alpha value is -3.16. The summed E-state index contributed by atoms with van der Waals surface area (Å²) < 4.78 is 32.0. The first-order valence-corrected chi connectivity index (χ1v) is 8.50. The standard InChI is InChI=1S/C19H19F2N3O3/c20-14-5-7-15(8-6-14)27-12-9-22-18(25)13-23-10-11-24(19(23)26)17-4-2-1-3-16(17)21/h1-8H,9-13H2,(H,22,25). The summed E-state index contributed by atoms with van der Waals surface area (Å²) in [5, 5.41) is 2.65. The number of halogens is 2. The highest BCUT2D eigenvalue weighted by Crippen LogP contribution is 2.23. The molecule has 0 aromatic heterocycles. The molecule has 0 radical (unpaired) electrons. The molecule has 142 valence electrons. The summed E-state index contributed by atoms with van der Waals surface area (Å²) in [5.74, 6) is -0.659. The minimum atomic E-state index is -0.477. The molecule has 6 nitrogen and oxygen atoms in total. The van der Waals surface area contributed by atoms with E-state index in [0.29, 0.717) is 18.8 Å². The third-order valence-corrected chi connectivity index (χ3v) is 4.08. The summed E-state index contributed by atoms with van der Waals surface area (Å²) in [7, 11) is 0. The molecule has 3 amide bonds. The van der Waals surface area contributed by atoms with Crippen LogP contribution in [0.2, 0.25) is 0 Å². The number of carbonyl (C=O) groups excluding carboxylic acids is 2. The van der Waals surface area contributed by atoms with Crippen molar-refractivity contribution in [2.45, 2.75) is 0 Å². The highest BCUT2D eigenvalue weighted by molar-refractivity contribution is 5.96. The van der Waals surface area contributed by atoms with Crippen molar-refractivity contribution < 1.29 is 23.1 Å². The van der Waals surface area contributed by atoms with Gasteiger partial charge in [0, 0.05) is 13.1 Å². The van der Waals surface area contributed by atoms with Crippen LogP contribution in [0, 0.1) is 11.6 Å². The van der Waals surface area contributed by atoms with Gasteiger partial charge in [0.1, 0.15) is 30.5 Å². The van der Waals surface area contributed by atoms with E-state index in [9.17, 15) is 18.4 Å². The molecule has 2 aromatic rings. The van der Waals surface area contributed by atoms with Crippen LogP contribution >= 0.6 is 0 Å². The van der Waals surface area contributed by atoms with E-state index in [1.807, 2.05) is 0 Å². The number of carbonyl (C=O) groups is 2. The minimum absolute atomic E-state index is 0.111. The van der Waals surface area contributed by atoms with Gasteiger partial charge in [-0.05, 0) is 36.4 Å². The second kappa shape index (κ2) is 8.48. The van der Waals surface area contributed by atoms with Crippen LogP contribution in [0.15, 0.2) is 48.5 Å². The van der Waals surface area contributed by atoms with Crippen LogP contribution in [0.3, 0.4) is 0 Å². The lowest BCUT2D eigenvalue weighted by Crippen LogP contribution is -2.41. The Morgan fingerprint density at radius 3 is 2.56 bits per heavy atom. The van der Waals surface area contributed by atoms with Crippen molar-refractivity contribution in [3.63, 3.8) is 0 Å². The number of anilines is 1. The van der Waals surface area contributed by atoms with Gasteiger partial charge in [0.25, 0.3) is 0 Å². The Balaban J connectivity index is 1.42. The number of hydrogen-bond donors (Lipinski definition) is 1. The molecule has 0 aliphatic carbocycles. The Kier molecular flexibility index (Phi) is 5.85. The van der Waals surface area contributed by atoms with Crippen LogP contribution in [-0.4, -0.2) is 49.6 Å². The third kappa shape index (κ3) is 4.72. The van der Waals surface area contributed by atoms with Crippen LogP contribution in [0.25, 0.3) is 0 Å². The summed E-state index contributed by atoms with van der Waals surface area (Å²) in [6.07, 6.45) is 0. The molecule has 1 heterocycles. The fourth-order valence-corrected chi connectivity index (χ4v) is 2.74. The number of hydrogen-bond acceptors (Lipinski definition) is 3. The molecule has 3 rings (SSSR count). The van der Waals surface area contributed by atoms with E-state index >= 15 is 0 Å². The zero-order valence-corrected chi connectivity index (χ0v) is 14.5. The van der Waals surface area contributed by atoms with Gasteiger partial charge in [-0.3, -0.25) is 9.69 Å². The lowest BCUT2D eigenvalue weighted by Gasteiger charge is -2.18. The molecule has 2 aromatic carbocycles. The maximum absolute atomic E-state index is 13.8. The lowest BCUT2D eigenvalue weighted by molar-refractivity contribution is -0.121. The SMILES string of the molecule is O=C(CN1CCN(c2ccccc2F)C1=O)NCCOc1ccc(F)cc1. The van der Waals surface area contributed by atoms with E-state index < -0.39 is 11.8 Å². The summed E-state index contributed by atoms with van der Waals surface area (Å²) in [5.41, 5.74) is 0.207. The number of amides is 3. The van der Waals surface area contributed by atoms with Gasteiger partial charge in [0.05, 0.1) is 12.2 Å². The van der Waals surface area contributed by atoms with E-state index in [0.717, 1.165) is 0 Å². The predicted molar refractivity (Wildman–Crippen MR) is 95.6 cm³/mol. The summed E-state index contributed by atoms with van der Waals surface area (Å²) in [4.78, 5) is 27.1. The highest BCUT2D eigenvalue weighted by Gasteiger charge is 2.31. The highest BCUT2D eigenvalue weighted by atomic mass is 19.1. The summed E-state index contributed by atoms with van der Waals surface area (Å²) in [6.45, 7) is 1.01. The van der Waals surface area contributed by atoms with E-state index in [-0.39, 0.29) is 37.1 Å². The number of rotatable bonds is 7. The molecule has 0 bridgehead atoms. The van der Waals surface area contributed by atoms with Gasteiger partial charge >= 0.3 is 6.03 Å². The molecule has 27 heavy (non-hydrogen) atoms. The largest absolute Gasteiger partial charge is 0.492 e. The number of benzene rings is 2. The molecular formula is C19H19F2N3O3. The fourth-order valence-electron chi connectivity index (χ4n) is 2.74. The van der Waals surface area contributed by atoms with Crippen molar-refractivity contribution >= 4 is 17.6 Å². The van der Waals surface area contributed by atoms with Crippen molar-refractivity contribution in [3.05, 3.63) is 60.2 Å². The van der Waals surface area contributed by atoms with Crippen molar-refractivity contribution in [3.8, 4) is 5.75 Å². The smallest absolute Gasteiger partial charge is 0.325 e. The van der Waals surface area contributed by atoms with Gasteiger partial charge in [0.15, 0.2) is 0 Å². The molecule has 0 atom stereocenters. The molecule has 1 aliphatic rings. The average Bonchev–Trinajstić information content (AvgIpc) is 3.01. The van der Waals surface area contributed by atoms with Gasteiger partial charge in [0.2, 0.25) is 5.91 Å². The molecule has 1 fully saturated rings. The van der Waals surface area contributed by atoms with Gasteiger partial charge in [-0.15, -0.1) is 0 Å². The zero-order chi connectivity index (χ0) is 19.2. The van der Waals surface area contributed by atoms with Crippen LogP contribution in [-0.2, 0) is 4.79 Å². The van der Waals surface area contributed by atoms with Crippen molar-refractivity contribution in [2.24, 2.45) is 0 Å². The molecular weight excluding hydrogens is 356 g/mol. The van der Waals surface area contributed by atoms with Crippen LogP contribution in [0.4, 0.5) is 19.3 Å². The Labute approximate surface area is 155 Å². The van der Waals surface area contributed by atoms with Crippen LogP contribution < -0.4 is 15.0 Å². The molecule has 8 heteroatoms. The lowest BCUT2D eigenvalue weighted by atomic mass is 10.3. The molecule has 0 spiro atoms. The van der Waals surface area contributed by atoms with Crippen molar-refractivity contribution in [1.29, 1.82) is 0 Å². The van der Waals surface area contributed by atoms with Crippen LogP contribution in [0.5, 0.6) is 5.75 Å². The van der Waals surface area contributed by atoms with E-state index in [1.54, 1.807) is 12.1 Å². The van der Waals surface area contributed by atoms with E-state index in [4.69, 9.17) is 4.74 Å². The topological polar surface area (TPSA) is 61.9 Å². The Morgan fingerprint density at radius 2 is 1.81 bits per heavy atom. The predicted octanol–water partition coefficient (Wildman–Crippen LogP) is 2.40. The second-order valence-electron chi connectivity index (χ2n) is 5.96. The van der Waals surface area contributed by atoms with E-state index in [1.165, 1.54) is 46.2 Å². The quantitative estimate of drug-likeness (QED) is 0.756. The van der Waals surface area contributed by atoms with Gasteiger partial charge in [-0.1, -0.05) is 12.1 Å². The van der Waals surface area contributed by atoms with Crippen molar-refractivity contribution in [2.75, 3.05) is 37.7 Å². The first-order valence-electron chi connectivity index (χ1n) is 8.50. The molecule has 0 unspecified atom stereocenters. The number of nitrogens with one attached hydrogen (secondary N) is 1. The minimum Gasteiger partial charge on any atom is -0.492 e. The van der Waals surface area contributed by atoms with Crippen molar-refractivity contribution in [1.82, 2.24) is 10.2 Å². The Bertz CT molecular complexity index is 814. The number of nitrogens with zero attached hydrogens (tertiary/aromatic N) is 2. The molecule has 0 saturated carbocycles. The average molecular weight is 375 g/mol.